The molecule has 90 valence electrons. The van der Waals surface area contributed by atoms with E-state index in [1.54, 1.807) is 0 Å². The molecule has 0 aromatic rings. The second kappa shape index (κ2) is 4.21. The van der Waals surface area contributed by atoms with Crippen molar-refractivity contribution < 1.29 is 9.31 Å². The molecule has 1 aliphatic heterocycles. The Labute approximate surface area is 101 Å². The fourth-order valence-electron chi connectivity index (χ4n) is 1.30. The molecular weight excluding hydrogens is 215 g/mol. The van der Waals surface area contributed by atoms with E-state index in [0.29, 0.717) is 0 Å². The maximum absolute atomic E-state index is 5.80. The first-order valence-corrected chi connectivity index (χ1v) is 9.58. The van der Waals surface area contributed by atoms with Crippen LogP contribution >= 0.6 is 0 Å². The van der Waals surface area contributed by atoms with Crippen molar-refractivity contribution in [2.75, 3.05) is 0 Å². The number of rotatable bonds is 1. The smallest absolute Gasteiger partial charge is 0.392 e. The van der Waals surface area contributed by atoms with Crippen LogP contribution in [0.3, 0.4) is 0 Å². The fraction of sp³-hybridized carbons (Fsp3) is 0.833. The molecule has 0 aliphatic carbocycles. The average Bonchev–Trinajstić information content (AvgIpc) is 2.17. The van der Waals surface area contributed by atoms with Crippen molar-refractivity contribution >= 4 is 15.2 Å². The molecule has 16 heavy (non-hydrogen) atoms. The van der Waals surface area contributed by atoms with E-state index in [-0.39, 0.29) is 18.3 Å². The van der Waals surface area contributed by atoms with E-state index in [4.69, 9.17) is 9.31 Å². The van der Waals surface area contributed by atoms with Crippen LogP contribution in [0.5, 0.6) is 0 Å². The summed E-state index contributed by atoms with van der Waals surface area (Å²) in [5, 5.41) is 0. The van der Waals surface area contributed by atoms with Gasteiger partial charge in [0.05, 0.1) is 19.3 Å². The summed E-state index contributed by atoms with van der Waals surface area (Å²) in [4.78, 5) is 0. The molecule has 0 aromatic carbocycles. The minimum atomic E-state index is -1.09. The first-order chi connectivity index (χ1) is 7.04. The highest BCUT2D eigenvalue weighted by molar-refractivity contribution is 6.76. The molecule has 1 heterocycles. The molecule has 2 nitrogen and oxygen atoms in total. The predicted molar refractivity (Wildman–Crippen MR) is 72.0 cm³/mol. The van der Waals surface area contributed by atoms with Crippen LogP contribution in [-0.4, -0.2) is 26.4 Å². The van der Waals surface area contributed by atoms with E-state index in [2.05, 4.69) is 31.4 Å². The van der Waals surface area contributed by atoms with Gasteiger partial charge in [-0.3, -0.25) is 0 Å². The van der Waals surface area contributed by atoms with E-state index in [9.17, 15) is 0 Å². The van der Waals surface area contributed by atoms with Gasteiger partial charge in [-0.15, -0.1) is 5.92 Å². The Morgan fingerprint density at radius 1 is 1.00 bits per heavy atom. The van der Waals surface area contributed by atoms with Gasteiger partial charge in [-0.2, -0.15) is 0 Å². The van der Waals surface area contributed by atoms with Crippen LogP contribution in [0, 0.1) is 11.7 Å². The number of hydrogen-bond donors (Lipinski definition) is 0. The zero-order valence-electron chi connectivity index (χ0n) is 11.6. The van der Waals surface area contributed by atoms with Crippen LogP contribution < -0.4 is 0 Å². The standard InChI is InChI=1S/C12H23BO2Si/c1-11(2)12(3,4)15-13(14-11)9-8-10-16(5,6)7/h10H2,1-7H3. The lowest BCUT2D eigenvalue weighted by Crippen LogP contribution is -2.41. The van der Waals surface area contributed by atoms with Crippen molar-refractivity contribution in [3.63, 3.8) is 0 Å². The third-order valence-corrected chi connectivity index (χ3v) is 4.33. The molecule has 0 aromatic heterocycles. The highest BCUT2D eigenvalue weighted by Gasteiger charge is 2.50. The van der Waals surface area contributed by atoms with Crippen LogP contribution in [0.4, 0.5) is 0 Å². The van der Waals surface area contributed by atoms with E-state index < -0.39 is 8.07 Å². The van der Waals surface area contributed by atoms with Crippen molar-refractivity contribution in [2.24, 2.45) is 0 Å². The van der Waals surface area contributed by atoms with Crippen molar-refractivity contribution in [2.45, 2.75) is 64.6 Å². The van der Waals surface area contributed by atoms with Crippen molar-refractivity contribution in [1.82, 2.24) is 0 Å². The molecule has 4 heteroatoms. The van der Waals surface area contributed by atoms with Crippen LogP contribution in [0.15, 0.2) is 0 Å². The van der Waals surface area contributed by atoms with Gasteiger partial charge in [0.15, 0.2) is 0 Å². The second-order valence-corrected chi connectivity index (χ2v) is 12.1. The predicted octanol–water partition coefficient (Wildman–Crippen LogP) is 2.96. The van der Waals surface area contributed by atoms with Gasteiger partial charge in [0.2, 0.25) is 0 Å². The summed E-state index contributed by atoms with van der Waals surface area (Å²) in [6.07, 6.45) is 0. The Morgan fingerprint density at radius 2 is 1.44 bits per heavy atom. The minimum Gasteiger partial charge on any atom is -0.392 e. The summed E-state index contributed by atoms with van der Waals surface area (Å²) < 4.78 is 11.6. The zero-order chi connectivity index (χ0) is 12.6. The lowest BCUT2D eigenvalue weighted by Gasteiger charge is -2.32. The van der Waals surface area contributed by atoms with Gasteiger partial charge in [-0.1, -0.05) is 25.5 Å². The summed E-state index contributed by atoms with van der Waals surface area (Å²) in [6, 6.07) is 0.997. The van der Waals surface area contributed by atoms with E-state index in [1.807, 2.05) is 27.7 Å². The highest BCUT2D eigenvalue weighted by Crippen LogP contribution is 2.36. The maximum atomic E-state index is 5.80. The molecule has 0 bridgehead atoms. The molecule has 1 saturated heterocycles. The topological polar surface area (TPSA) is 18.5 Å². The average molecular weight is 238 g/mol. The summed E-state index contributed by atoms with van der Waals surface area (Å²) >= 11 is 0. The lowest BCUT2D eigenvalue weighted by atomic mass is 9.90. The van der Waals surface area contributed by atoms with E-state index >= 15 is 0 Å². The van der Waals surface area contributed by atoms with Crippen molar-refractivity contribution in [3.05, 3.63) is 0 Å². The van der Waals surface area contributed by atoms with Crippen molar-refractivity contribution in [3.8, 4) is 11.7 Å². The summed E-state index contributed by atoms with van der Waals surface area (Å²) in [5.41, 5.74) is -0.545. The molecule has 1 rings (SSSR count). The molecule has 1 fully saturated rings. The van der Waals surface area contributed by atoms with Gasteiger partial charge in [-0.05, 0) is 27.7 Å². The quantitative estimate of drug-likeness (QED) is 0.516. The first kappa shape index (κ1) is 13.8. The summed E-state index contributed by atoms with van der Waals surface area (Å²) in [7, 11) is -1.45. The third-order valence-electron chi connectivity index (χ3n) is 3.09. The van der Waals surface area contributed by atoms with Crippen molar-refractivity contribution in [1.29, 1.82) is 0 Å². The Balaban J connectivity index is 2.61. The van der Waals surface area contributed by atoms with Gasteiger partial charge < -0.3 is 9.31 Å². The molecule has 0 atom stereocenters. The zero-order valence-corrected chi connectivity index (χ0v) is 12.6. The van der Waals surface area contributed by atoms with Crippen LogP contribution in [-0.2, 0) is 9.31 Å². The first-order valence-electron chi connectivity index (χ1n) is 5.88. The third kappa shape index (κ3) is 3.38. The molecular formula is C12H23BO2Si. The molecule has 0 radical (unpaired) electrons. The molecule has 0 unspecified atom stereocenters. The Kier molecular flexibility index (Phi) is 3.64. The fourth-order valence-corrected chi connectivity index (χ4v) is 1.93. The van der Waals surface area contributed by atoms with Crippen LogP contribution in [0.2, 0.25) is 25.7 Å². The minimum absolute atomic E-state index is 0.272. The summed E-state index contributed by atoms with van der Waals surface area (Å²) in [6.45, 7) is 15.1. The van der Waals surface area contributed by atoms with Gasteiger partial charge in [0, 0.05) is 6.04 Å². The molecule has 1 aliphatic rings. The van der Waals surface area contributed by atoms with Crippen LogP contribution in [0.1, 0.15) is 27.7 Å². The molecule has 0 spiro atoms. The Bertz CT molecular complexity index is 304. The summed E-state index contributed by atoms with van der Waals surface area (Å²) in [5.74, 6) is 6.29. The van der Waals surface area contributed by atoms with E-state index in [0.717, 1.165) is 6.04 Å². The highest BCUT2D eigenvalue weighted by atomic mass is 28.3. The van der Waals surface area contributed by atoms with Gasteiger partial charge in [-0.25, -0.2) is 0 Å². The number of hydrogen-bond acceptors (Lipinski definition) is 2. The largest absolute Gasteiger partial charge is 0.551 e. The van der Waals surface area contributed by atoms with Crippen LogP contribution in [0.25, 0.3) is 0 Å². The lowest BCUT2D eigenvalue weighted by molar-refractivity contribution is 0.00578. The Hall–Kier alpha value is -0.238. The van der Waals surface area contributed by atoms with E-state index in [1.165, 1.54) is 0 Å². The maximum Gasteiger partial charge on any atom is 0.551 e. The molecule has 0 amide bonds. The monoisotopic (exact) mass is 238 g/mol. The van der Waals surface area contributed by atoms with Gasteiger partial charge >= 0.3 is 7.12 Å². The molecule has 0 N–H and O–H groups in total. The SMILES string of the molecule is CC1(C)OB(C#CC[Si](C)(C)C)OC1(C)C. The Morgan fingerprint density at radius 3 is 1.81 bits per heavy atom. The second-order valence-electron chi connectivity index (χ2n) is 6.65. The van der Waals surface area contributed by atoms with Gasteiger partial charge in [0.25, 0.3) is 0 Å². The normalized spacial score (nSPS) is 22.8. The van der Waals surface area contributed by atoms with Gasteiger partial charge in [0.1, 0.15) is 0 Å². The molecule has 0 saturated carbocycles.